The minimum absolute atomic E-state index is 0.187. The highest BCUT2D eigenvalue weighted by Crippen LogP contribution is 2.32. The van der Waals surface area contributed by atoms with Crippen LogP contribution in [-0.4, -0.2) is 55.8 Å². The van der Waals surface area contributed by atoms with Crippen molar-refractivity contribution in [3.05, 3.63) is 52.5 Å². The SMILES string of the molecule is CC.CC.CC.COc1cc(NC(=O)c2ccc(Br)cc2)ccc1N1CCN(C(=O)OC(C)(C)C)CC1. The molecule has 208 valence electrons. The molecule has 2 aromatic rings. The molecule has 0 spiro atoms. The molecule has 0 aliphatic carbocycles. The molecule has 0 bridgehead atoms. The summed E-state index contributed by atoms with van der Waals surface area (Å²) in [6, 6.07) is 12.8. The molecule has 1 aliphatic heterocycles. The van der Waals surface area contributed by atoms with Crippen LogP contribution >= 0.6 is 15.9 Å². The van der Waals surface area contributed by atoms with Gasteiger partial charge in [0.15, 0.2) is 0 Å². The first kappa shape index (κ1) is 34.3. The van der Waals surface area contributed by atoms with Crippen molar-refractivity contribution in [2.24, 2.45) is 0 Å². The third-order valence-corrected chi connectivity index (χ3v) is 5.34. The Labute approximate surface area is 232 Å². The number of benzene rings is 2. The Kier molecular flexibility index (Phi) is 16.4. The van der Waals surface area contributed by atoms with Gasteiger partial charge in [-0.25, -0.2) is 4.79 Å². The standard InChI is InChI=1S/C23H28BrN3O4.3C2H6/c1-23(2,3)31-22(29)27-13-11-26(12-14-27)19-10-9-18(15-20(19)30-4)25-21(28)16-5-7-17(24)8-6-16;3*1-2/h5-10,15H,11-14H2,1-4H3,(H,25,28);3*1-2H3. The Bertz CT molecular complexity index is 935. The van der Waals surface area contributed by atoms with Gasteiger partial charge in [-0.2, -0.15) is 0 Å². The molecule has 1 N–H and O–H groups in total. The lowest BCUT2D eigenvalue weighted by Crippen LogP contribution is -2.50. The Hall–Kier alpha value is -2.74. The molecule has 1 aliphatic rings. The Balaban J connectivity index is 0.00000201. The molecule has 0 unspecified atom stereocenters. The topological polar surface area (TPSA) is 71.1 Å². The predicted octanol–water partition coefficient (Wildman–Crippen LogP) is 7.85. The van der Waals surface area contributed by atoms with Crippen LogP contribution in [0.3, 0.4) is 0 Å². The van der Waals surface area contributed by atoms with E-state index in [2.05, 4.69) is 26.1 Å². The molecule has 37 heavy (non-hydrogen) atoms. The van der Waals surface area contributed by atoms with Crippen molar-refractivity contribution in [1.29, 1.82) is 0 Å². The van der Waals surface area contributed by atoms with Gasteiger partial charge in [0.1, 0.15) is 11.4 Å². The number of carbonyl (C=O) groups excluding carboxylic acids is 2. The fraction of sp³-hybridized carbons (Fsp3) is 0.517. The van der Waals surface area contributed by atoms with Gasteiger partial charge in [0.25, 0.3) is 5.91 Å². The monoisotopic (exact) mass is 579 g/mol. The second-order valence-electron chi connectivity index (χ2n) is 8.30. The van der Waals surface area contributed by atoms with Crippen molar-refractivity contribution in [3.63, 3.8) is 0 Å². The van der Waals surface area contributed by atoms with E-state index < -0.39 is 5.60 Å². The van der Waals surface area contributed by atoms with E-state index in [1.165, 1.54) is 0 Å². The Morgan fingerprint density at radius 2 is 1.41 bits per heavy atom. The van der Waals surface area contributed by atoms with Crippen molar-refractivity contribution in [1.82, 2.24) is 4.90 Å². The second kappa shape index (κ2) is 17.7. The fourth-order valence-corrected chi connectivity index (χ4v) is 3.54. The molecule has 2 aromatic carbocycles. The summed E-state index contributed by atoms with van der Waals surface area (Å²) in [5.74, 6) is 0.479. The number of halogens is 1. The zero-order chi connectivity index (χ0) is 28.6. The summed E-state index contributed by atoms with van der Waals surface area (Å²) in [5, 5.41) is 2.90. The van der Waals surface area contributed by atoms with Crippen LogP contribution in [0.15, 0.2) is 46.9 Å². The highest BCUT2D eigenvalue weighted by Gasteiger charge is 2.27. The molecule has 0 atom stereocenters. The normalized spacial score (nSPS) is 12.4. The van der Waals surface area contributed by atoms with Crippen LogP contribution in [0.1, 0.15) is 72.7 Å². The molecular weight excluding hydrogens is 534 g/mol. The van der Waals surface area contributed by atoms with Crippen LogP contribution < -0.4 is 15.0 Å². The van der Waals surface area contributed by atoms with Crippen molar-refractivity contribution < 1.29 is 19.1 Å². The number of piperazine rings is 1. The van der Waals surface area contributed by atoms with Crippen LogP contribution in [0.25, 0.3) is 0 Å². The summed E-state index contributed by atoms with van der Waals surface area (Å²) in [4.78, 5) is 28.7. The highest BCUT2D eigenvalue weighted by atomic mass is 79.9. The Morgan fingerprint density at radius 1 is 0.865 bits per heavy atom. The van der Waals surface area contributed by atoms with E-state index in [0.717, 1.165) is 10.2 Å². The molecule has 2 amide bonds. The molecule has 0 saturated carbocycles. The minimum Gasteiger partial charge on any atom is -0.495 e. The molecular formula is C29H46BrN3O4. The minimum atomic E-state index is -0.506. The van der Waals surface area contributed by atoms with E-state index >= 15 is 0 Å². The van der Waals surface area contributed by atoms with Gasteiger partial charge in [0.05, 0.1) is 12.8 Å². The van der Waals surface area contributed by atoms with Gasteiger partial charge < -0.3 is 24.6 Å². The van der Waals surface area contributed by atoms with Gasteiger partial charge in [0, 0.05) is 48.0 Å². The van der Waals surface area contributed by atoms with Crippen molar-refractivity contribution in [2.45, 2.75) is 67.9 Å². The van der Waals surface area contributed by atoms with E-state index in [1.807, 2.05) is 92.6 Å². The van der Waals surface area contributed by atoms with Crippen LogP contribution in [0, 0.1) is 0 Å². The lowest BCUT2D eigenvalue weighted by atomic mass is 10.2. The number of anilines is 2. The van der Waals surface area contributed by atoms with E-state index in [-0.39, 0.29) is 12.0 Å². The summed E-state index contributed by atoms with van der Waals surface area (Å²) in [5.41, 5.74) is 1.65. The number of amides is 2. The number of rotatable bonds is 4. The number of ether oxygens (including phenoxy) is 2. The summed E-state index contributed by atoms with van der Waals surface area (Å²) in [6.07, 6.45) is -0.287. The zero-order valence-electron chi connectivity index (χ0n) is 24.3. The van der Waals surface area contributed by atoms with E-state index in [0.29, 0.717) is 43.2 Å². The largest absolute Gasteiger partial charge is 0.495 e. The van der Waals surface area contributed by atoms with Crippen LogP contribution in [0.4, 0.5) is 16.2 Å². The fourth-order valence-electron chi connectivity index (χ4n) is 3.28. The van der Waals surface area contributed by atoms with Gasteiger partial charge in [0.2, 0.25) is 0 Å². The molecule has 3 rings (SSSR count). The van der Waals surface area contributed by atoms with E-state index in [4.69, 9.17) is 9.47 Å². The van der Waals surface area contributed by atoms with Crippen LogP contribution in [0.2, 0.25) is 0 Å². The molecule has 8 heteroatoms. The number of hydrogen-bond acceptors (Lipinski definition) is 5. The van der Waals surface area contributed by atoms with E-state index in [1.54, 1.807) is 24.1 Å². The van der Waals surface area contributed by atoms with Gasteiger partial charge in [-0.05, 0) is 57.2 Å². The predicted molar refractivity (Wildman–Crippen MR) is 159 cm³/mol. The average Bonchev–Trinajstić information content (AvgIpc) is 2.91. The lowest BCUT2D eigenvalue weighted by Gasteiger charge is -2.37. The first-order chi connectivity index (χ1) is 17.7. The maximum atomic E-state index is 12.5. The average molecular weight is 581 g/mol. The van der Waals surface area contributed by atoms with Crippen molar-refractivity contribution in [2.75, 3.05) is 43.5 Å². The first-order valence-electron chi connectivity index (χ1n) is 13.1. The molecule has 1 fully saturated rings. The smallest absolute Gasteiger partial charge is 0.410 e. The van der Waals surface area contributed by atoms with Crippen LogP contribution in [0.5, 0.6) is 5.75 Å². The van der Waals surface area contributed by atoms with Crippen LogP contribution in [-0.2, 0) is 4.74 Å². The summed E-state index contributed by atoms with van der Waals surface area (Å²) in [6.45, 7) is 20.1. The zero-order valence-corrected chi connectivity index (χ0v) is 25.9. The van der Waals surface area contributed by atoms with E-state index in [9.17, 15) is 9.59 Å². The molecule has 0 radical (unpaired) electrons. The lowest BCUT2D eigenvalue weighted by molar-refractivity contribution is 0.0240. The highest BCUT2D eigenvalue weighted by molar-refractivity contribution is 9.10. The van der Waals surface area contributed by atoms with Crippen molar-refractivity contribution >= 4 is 39.3 Å². The number of hydrogen-bond donors (Lipinski definition) is 1. The van der Waals surface area contributed by atoms with Gasteiger partial charge in [-0.3, -0.25) is 4.79 Å². The maximum absolute atomic E-state index is 12.5. The van der Waals surface area contributed by atoms with Gasteiger partial charge in [-0.1, -0.05) is 57.5 Å². The quantitative estimate of drug-likeness (QED) is 0.399. The van der Waals surface area contributed by atoms with Gasteiger partial charge in [-0.15, -0.1) is 0 Å². The van der Waals surface area contributed by atoms with Crippen molar-refractivity contribution in [3.8, 4) is 5.75 Å². The molecule has 0 aromatic heterocycles. The third kappa shape index (κ3) is 11.5. The molecule has 1 heterocycles. The molecule has 7 nitrogen and oxygen atoms in total. The first-order valence-corrected chi connectivity index (χ1v) is 13.9. The summed E-state index contributed by atoms with van der Waals surface area (Å²) < 4.78 is 12.0. The summed E-state index contributed by atoms with van der Waals surface area (Å²) >= 11 is 3.37. The number of nitrogens with zero attached hydrogens (tertiary/aromatic N) is 2. The van der Waals surface area contributed by atoms with Gasteiger partial charge >= 0.3 is 6.09 Å². The second-order valence-corrected chi connectivity index (χ2v) is 9.22. The molecule has 1 saturated heterocycles. The third-order valence-electron chi connectivity index (χ3n) is 4.82. The number of methoxy groups -OCH3 is 1. The number of carbonyl (C=O) groups is 2. The summed E-state index contributed by atoms with van der Waals surface area (Å²) in [7, 11) is 1.61. The maximum Gasteiger partial charge on any atom is 0.410 e. The Morgan fingerprint density at radius 3 is 1.89 bits per heavy atom. The number of nitrogens with one attached hydrogen (secondary N) is 1.